The lowest BCUT2D eigenvalue weighted by Crippen LogP contribution is -2.48. The van der Waals surface area contributed by atoms with Crippen molar-refractivity contribution in [2.45, 2.75) is 217 Å². The molecule has 0 amide bonds. The van der Waals surface area contributed by atoms with Crippen molar-refractivity contribution < 1.29 is 26.3 Å². The zero-order valence-corrected chi connectivity index (χ0v) is 49.3. The van der Waals surface area contributed by atoms with Crippen LogP contribution in [0.5, 0.6) is 0 Å². The lowest BCUT2D eigenvalue weighted by Gasteiger charge is -2.38. The van der Waals surface area contributed by atoms with Crippen molar-refractivity contribution in [2.75, 3.05) is 46.0 Å². The van der Waals surface area contributed by atoms with Gasteiger partial charge in [0.15, 0.2) is 0 Å². The van der Waals surface area contributed by atoms with E-state index < -0.39 is 20.0 Å². The maximum Gasteiger partial charge on any atom is 0.242 e. The maximum absolute atomic E-state index is 14.5. The van der Waals surface area contributed by atoms with Crippen molar-refractivity contribution in [1.82, 2.24) is 23.5 Å². The van der Waals surface area contributed by atoms with Crippen LogP contribution in [0.2, 0.25) is 0 Å². The first-order chi connectivity index (χ1) is 34.6. The van der Waals surface area contributed by atoms with Crippen molar-refractivity contribution in [3.63, 3.8) is 0 Å². The number of morpholine rings is 1. The number of sulfonamides is 2. The molecule has 8 rings (SSSR count). The molecule has 410 valence electrons. The van der Waals surface area contributed by atoms with Gasteiger partial charge in [0, 0.05) is 62.0 Å². The average Bonchev–Trinajstić information content (AvgIpc) is 3.83. The zero-order chi connectivity index (χ0) is 53.6. The van der Waals surface area contributed by atoms with Crippen LogP contribution in [0.3, 0.4) is 0 Å². The Bertz CT molecular complexity index is 2790. The second-order valence-corrected chi connectivity index (χ2v) is 30.1. The minimum absolute atomic E-state index is 0.0618. The molecule has 2 N–H and O–H groups in total. The third kappa shape index (κ3) is 13.3. The largest absolute Gasteiger partial charge is 0.378 e. The molecule has 4 fully saturated rings. The highest BCUT2D eigenvalue weighted by Crippen LogP contribution is 2.41. The second kappa shape index (κ2) is 22.2. The summed E-state index contributed by atoms with van der Waals surface area (Å²) >= 11 is 0. The molecule has 4 aliphatic rings. The van der Waals surface area contributed by atoms with Gasteiger partial charge in [-0.15, -0.1) is 0 Å². The van der Waals surface area contributed by atoms with Crippen molar-refractivity contribution in [3.05, 3.63) is 82.2 Å². The lowest BCUT2D eigenvalue weighted by molar-refractivity contribution is -0.0394. The molecule has 2 aromatic carbocycles. The predicted octanol–water partition coefficient (Wildman–Crippen LogP) is 12.3. The van der Waals surface area contributed by atoms with Crippen LogP contribution in [0.4, 0.5) is 0 Å². The summed E-state index contributed by atoms with van der Waals surface area (Å²) in [7, 11) is -7.61. The number of rotatable bonds is 17. The van der Waals surface area contributed by atoms with Gasteiger partial charge in [-0.1, -0.05) is 127 Å². The van der Waals surface area contributed by atoms with Gasteiger partial charge >= 0.3 is 0 Å². The average molecular weight is 1060 g/mol. The fraction of sp³-hybridized carbons (Fsp3) is 0.672. The third-order valence-corrected chi connectivity index (χ3v) is 20.2. The summed E-state index contributed by atoms with van der Waals surface area (Å²) in [6.07, 6.45) is 12.8. The number of nitrogens with zero attached hydrogens (tertiary/aromatic N) is 3. The number of hydrogen-bond acceptors (Lipinski definition) is 7. The van der Waals surface area contributed by atoms with Gasteiger partial charge in [0.1, 0.15) is 9.79 Å². The van der Waals surface area contributed by atoms with Gasteiger partial charge in [-0.05, 0) is 149 Å². The fourth-order valence-corrected chi connectivity index (χ4v) is 14.8. The first-order valence-electron chi connectivity index (χ1n) is 28.3. The number of nitrogens with one attached hydrogen (secondary N) is 2. The third-order valence-electron chi connectivity index (χ3n) is 17.0. The van der Waals surface area contributed by atoms with E-state index in [9.17, 15) is 16.8 Å². The Balaban J connectivity index is 1.01. The Morgan fingerprint density at radius 1 is 0.581 bits per heavy atom. The van der Waals surface area contributed by atoms with E-state index in [1.807, 2.05) is 26.0 Å². The smallest absolute Gasteiger partial charge is 0.242 e. The molecule has 2 aliphatic heterocycles. The van der Waals surface area contributed by atoms with Crippen molar-refractivity contribution >= 4 is 20.0 Å². The summed E-state index contributed by atoms with van der Waals surface area (Å²) in [4.78, 5) is 3.06. The van der Waals surface area contributed by atoms with Gasteiger partial charge in [-0.3, -0.25) is 4.90 Å². The van der Waals surface area contributed by atoms with Gasteiger partial charge in [-0.25, -0.2) is 26.3 Å². The normalized spacial score (nSPS) is 19.8. The van der Waals surface area contributed by atoms with E-state index in [4.69, 9.17) is 9.47 Å². The van der Waals surface area contributed by atoms with Gasteiger partial charge in [0.25, 0.3) is 0 Å². The van der Waals surface area contributed by atoms with Crippen LogP contribution in [-0.2, 0) is 64.3 Å². The maximum atomic E-state index is 14.5. The second-order valence-electron chi connectivity index (χ2n) is 26.7. The minimum atomic E-state index is -3.84. The molecule has 1 unspecified atom stereocenters. The van der Waals surface area contributed by atoms with Crippen molar-refractivity contribution in [1.29, 1.82) is 0 Å². The van der Waals surface area contributed by atoms with Gasteiger partial charge in [-0.2, -0.15) is 0 Å². The fourth-order valence-electron chi connectivity index (χ4n) is 12.0. The Kier molecular flexibility index (Phi) is 17.1. The van der Waals surface area contributed by atoms with Crippen LogP contribution in [0.1, 0.15) is 180 Å². The van der Waals surface area contributed by atoms with Crippen LogP contribution in [0, 0.1) is 25.7 Å². The van der Waals surface area contributed by atoms with E-state index in [0.29, 0.717) is 61.1 Å². The van der Waals surface area contributed by atoms with E-state index in [2.05, 4.69) is 136 Å². The van der Waals surface area contributed by atoms with Crippen LogP contribution >= 0.6 is 0 Å². The molecule has 74 heavy (non-hydrogen) atoms. The standard InChI is InChI=1S/C61H93N5O6S2/c1-42-56(34-54(65(42)37-44-20-16-14-17-21-44)46-28-48(58(3,4)5)32-49(29-46)59(6,7)8)73(67,68)62-24-25-64-26-27-72-53(39-64)36-61(12,13)51-31-47(30-50(33-51)60(9,10)11)55-35-57(74(69,70)63-52-40-71-41-52)43(2)66(55)38-45-22-18-15-19-23-45/h28-35,44-45,52-53,62-63H,14-27,36-41H2,1-13H3. The Morgan fingerprint density at radius 3 is 1.47 bits per heavy atom. The monoisotopic (exact) mass is 1060 g/mol. The highest BCUT2D eigenvalue weighted by atomic mass is 32.2. The zero-order valence-electron chi connectivity index (χ0n) is 47.7. The first-order valence-corrected chi connectivity index (χ1v) is 31.2. The summed E-state index contributed by atoms with van der Waals surface area (Å²) in [5.74, 6) is 1.02. The summed E-state index contributed by atoms with van der Waals surface area (Å²) in [6, 6.07) is 17.5. The molecule has 2 saturated carbocycles. The molecule has 0 spiro atoms. The van der Waals surface area contributed by atoms with Gasteiger partial charge < -0.3 is 18.6 Å². The first kappa shape index (κ1) is 56.9. The Morgan fingerprint density at radius 2 is 1.03 bits per heavy atom. The summed E-state index contributed by atoms with van der Waals surface area (Å²) in [5.41, 5.74) is 9.93. The Labute approximate surface area is 447 Å². The molecule has 4 heterocycles. The van der Waals surface area contributed by atoms with Crippen LogP contribution < -0.4 is 9.44 Å². The molecule has 2 aromatic heterocycles. The number of benzene rings is 2. The molecule has 11 nitrogen and oxygen atoms in total. The highest BCUT2D eigenvalue weighted by Gasteiger charge is 2.35. The molecule has 4 aromatic rings. The van der Waals surface area contributed by atoms with E-state index in [1.54, 1.807) is 0 Å². The molecule has 2 aliphatic carbocycles. The number of ether oxygens (including phenoxy) is 2. The summed E-state index contributed by atoms with van der Waals surface area (Å²) < 4.78 is 79.4. The van der Waals surface area contributed by atoms with Crippen LogP contribution in [-0.4, -0.2) is 89.0 Å². The van der Waals surface area contributed by atoms with Crippen molar-refractivity contribution in [2.24, 2.45) is 11.8 Å². The van der Waals surface area contributed by atoms with E-state index in [-0.39, 0.29) is 33.8 Å². The Hall–Kier alpha value is -3.30. The molecule has 1 atom stereocenters. The summed E-state index contributed by atoms with van der Waals surface area (Å²) in [6.45, 7) is 34.1. The van der Waals surface area contributed by atoms with E-state index >= 15 is 0 Å². The molecule has 2 saturated heterocycles. The van der Waals surface area contributed by atoms with Crippen LogP contribution in [0.25, 0.3) is 22.5 Å². The summed E-state index contributed by atoms with van der Waals surface area (Å²) in [5, 5.41) is 0. The molecule has 0 radical (unpaired) electrons. The highest BCUT2D eigenvalue weighted by molar-refractivity contribution is 7.89. The molecular weight excluding hydrogens is 963 g/mol. The molecule has 13 heteroatoms. The van der Waals surface area contributed by atoms with E-state index in [1.165, 1.54) is 73.6 Å². The topological polar surface area (TPSA) is 124 Å². The van der Waals surface area contributed by atoms with E-state index in [0.717, 1.165) is 72.8 Å². The SMILES string of the molecule is Cc1c(S(=O)(=O)NCCN2CCOC(CC(C)(C)c3cc(-c4cc(S(=O)(=O)NC5COC5)c(C)n4CC4CCCCC4)cc(C(C)(C)C)c3)C2)cc(-c2cc(C(C)(C)C)cc(C(C)(C)C)c2)n1CC1CCCCC1. The predicted molar refractivity (Wildman–Crippen MR) is 302 cm³/mol. The molecule has 0 bridgehead atoms. The number of hydrogen-bond donors (Lipinski definition) is 2. The van der Waals surface area contributed by atoms with Crippen LogP contribution in [0.15, 0.2) is 58.3 Å². The quantitative estimate of drug-likeness (QED) is 0.108. The van der Waals surface area contributed by atoms with Crippen molar-refractivity contribution in [3.8, 4) is 22.5 Å². The van der Waals surface area contributed by atoms with Gasteiger partial charge in [0.05, 0.1) is 32.0 Å². The minimum Gasteiger partial charge on any atom is -0.378 e. The lowest BCUT2D eigenvalue weighted by atomic mass is 9.75. The van der Waals surface area contributed by atoms with Gasteiger partial charge in [0.2, 0.25) is 20.0 Å². The number of aromatic nitrogens is 2. The molecular formula is C61H93N5O6S2.